The third-order valence-electron chi connectivity index (χ3n) is 4.18. The number of rotatable bonds is 5. The highest BCUT2D eigenvalue weighted by atomic mass is 79.9. The van der Waals surface area contributed by atoms with E-state index in [2.05, 4.69) is 26.1 Å². The molecule has 0 bridgehead atoms. The molecule has 26 heavy (non-hydrogen) atoms. The van der Waals surface area contributed by atoms with Gasteiger partial charge < -0.3 is 4.42 Å². The zero-order valence-electron chi connectivity index (χ0n) is 14.4. The van der Waals surface area contributed by atoms with Gasteiger partial charge in [0.25, 0.3) is 5.89 Å². The lowest BCUT2D eigenvalue weighted by atomic mass is 10.00. The monoisotopic (exact) mass is 423 g/mol. The van der Waals surface area contributed by atoms with Crippen LogP contribution in [-0.4, -0.2) is 20.5 Å². The molecule has 136 valence electrons. The van der Waals surface area contributed by atoms with Crippen LogP contribution in [-0.2, 0) is 6.42 Å². The quantitative estimate of drug-likeness (QED) is 0.535. The van der Waals surface area contributed by atoms with Gasteiger partial charge in [0, 0.05) is 27.7 Å². The Morgan fingerprint density at radius 3 is 2.62 bits per heavy atom. The van der Waals surface area contributed by atoms with E-state index in [1.54, 1.807) is 31.2 Å². The van der Waals surface area contributed by atoms with Crippen LogP contribution < -0.4 is 0 Å². The predicted molar refractivity (Wildman–Crippen MR) is 95.4 cm³/mol. The molecular weight excluding hydrogens is 408 g/mol. The third kappa shape index (κ3) is 3.09. The largest absolute Gasteiger partial charge is 0.419 e. The van der Waals surface area contributed by atoms with Crippen LogP contribution in [0.2, 0.25) is 0 Å². The number of aryl methyl sites for hydroxylation is 1. The summed E-state index contributed by atoms with van der Waals surface area (Å²) in [6, 6.07) is 6.81. The van der Waals surface area contributed by atoms with Crippen molar-refractivity contribution in [3.8, 4) is 11.6 Å². The summed E-state index contributed by atoms with van der Waals surface area (Å²) in [6.45, 7) is 2.08. The molecule has 0 atom stereocenters. The minimum absolute atomic E-state index is 0.0176. The Balaban J connectivity index is 2.21. The van der Waals surface area contributed by atoms with Crippen LogP contribution in [0.25, 0.3) is 11.6 Å². The van der Waals surface area contributed by atoms with Gasteiger partial charge in [-0.05, 0) is 31.5 Å². The summed E-state index contributed by atoms with van der Waals surface area (Å²) in [7, 11) is 0. The maximum absolute atomic E-state index is 13.7. The molecule has 2 aromatic heterocycles. The van der Waals surface area contributed by atoms with Gasteiger partial charge >= 0.3 is 6.55 Å². The standard InChI is InChI=1S/C18H16BrF2N3O2/c1-4-13-22-23-17(26-13)15-9(2)14(10(3)24(15)18(20)21)16(25)11-6-5-7-12(19)8-11/h5-8,18H,4H2,1-3H3. The first-order valence-electron chi connectivity index (χ1n) is 7.97. The maximum atomic E-state index is 13.7. The van der Waals surface area contributed by atoms with Gasteiger partial charge in [-0.25, -0.2) is 0 Å². The molecule has 0 aliphatic carbocycles. The van der Waals surface area contributed by atoms with Gasteiger partial charge in [-0.1, -0.05) is 35.0 Å². The van der Waals surface area contributed by atoms with E-state index in [-0.39, 0.29) is 28.6 Å². The van der Waals surface area contributed by atoms with Crippen LogP contribution in [0, 0.1) is 13.8 Å². The first-order chi connectivity index (χ1) is 12.3. The first kappa shape index (κ1) is 18.4. The molecule has 2 heterocycles. The highest BCUT2D eigenvalue weighted by Crippen LogP contribution is 2.35. The third-order valence-corrected chi connectivity index (χ3v) is 4.67. The van der Waals surface area contributed by atoms with Gasteiger partial charge in [-0.3, -0.25) is 9.36 Å². The van der Waals surface area contributed by atoms with Crippen LogP contribution in [0.5, 0.6) is 0 Å². The number of hydrogen-bond donors (Lipinski definition) is 0. The Morgan fingerprint density at radius 2 is 2.04 bits per heavy atom. The molecule has 0 radical (unpaired) electrons. The summed E-state index contributed by atoms with van der Waals surface area (Å²) in [5, 5.41) is 7.71. The number of aromatic nitrogens is 3. The van der Waals surface area contributed by atoms with Crippen molar-refractivity contribution in [1.82, 2.24) is 14.8 Å². The molecule has 1 aromatic carbocycles. The normalized spacial score (nSPS) is 11.3. The Labute approximate surface area is 157 Å². The second-order valence-electron chi connectivity index (χ2n) is 5.78. The van der Waals surface area contributed by atoms with Gasteiger partial charge in [0.2, 0.25) is 5.89 Å². The number of carbonyl (C=O) groups excluding carboxylic acids is 1. The maximum Gasteiger partial charge on any atom is 0.319 e. The zero-order valence-corrected chi connectivity index (χ0v) is 16.0. The number of ketones is 1. The number of nitrogens with zero attached hydrogens (tertiary/aromatic N) is 3. The van der Waals surface area contributed by atoms with Crippen LogP contribution in [0.15, 0.2) is 33.2 Å². The molecule has 3 rings (SSSR count). The highest BCUT2D eigenvalue weighted by Gasteiger charge is 2.30. The smallest absolute Gasteiger partial charge is 0.319 e. The fourth-order valence-electron chi connectivity index (χ4n) is 2.97. The summed E-state index contributed by atoms with van der Waals surface area (Å²) < 4.78 is 34.5. The topological polar surface area (TPSA) is 60.9 Å². The average molecular weight is 424 g/mol. The van der Waals surface area contributed by atoms with E-state index in [0.29, 0.717) is 23.4 Å². The Hall–Kier alpha value is -2.35. The van der Waals surface area contributed by atoms with Crippen molar-refractivity contribution in [2.45, 2.75) is 33.7 Å². The second kappa shape index (κ2) is 7.11. The molecule has 0 amide bonds. The van der Waals surface area contributed by atoms with Crippen molar-refractivity contribution in [3.05, 3.63) is 57.0 Å². The molecule has 0 saturated heterocycles. The van der Waals surface area contributed by atoms with Gasteiger partial charge in [-0.15, -0.1) is 10.2 Å². The molecule has 0 saturated carbocycles. The van der Waals surface area contributed by atoms with Crippen LogP contribution >= 0.6 is 15.9 Å². The first-order valence-corrected chi connectivity index (χ1v) is 8.77. The summed E-state index contributed by atoms with van der Waals surface area (Å²) in [5.41, 5.74) is 1.24. The number of benzene rings is 1. The van der Waals surface area contributed by atoms with Crippen molar-refractivity contribution < 1.29 is 18.0 Å². The number of carbonyl (C=O) groups is 1. The molecule has 5 nitrogen and oxygen atoms in total. The molecule has 0 spiro atoms. The van der Waals surface area contributed by atoms with E-state index < -0.39 is 6.55 Å². The lowest BCUT2D eigenvalue weighted by molar-refractivity contribution is 0.0697. The molecule has 0 fully saturated rings. The lowest BCUT2D eigenvalue weighted by Gasteiger charge is -2.08. The van der Waals surface area contributed by atoms with Crippen molar-refractivity contribution in [1.29, 1.82) is 0 Å². The van der Waals surface area contributed by atoms with E-state index in [9.17, 15) is 13.6 Å². The van der Waals surface area contributed by atoms with Crippen molar-refractivity contribution >= 4 is 21.7 Å². The second-order valence-corrected chi connectivity index (χ2v) is 6.69. The van der Waals surface area contributed by atoms with Crippen LogP contribution in [0.3, 0.4) is 0 Å². The SMILES string of the molecule is CCc1nnc(-c2c(C)c(C(=O)c3cccc(Br)c3)c(C)n2C(F)F)o1. The molecule has 0 unspecified atom stereocenters. The predicted octanol–water partition coefficient (Wildman–Crippen LogP) is 5.11. The Morgan fingerprint density at radius 1 is 1.31 bits per heavy atom. The minimum Gasteiger partial charge on any atom is -0.419 e. The van der Waals surface area contributed by atoms with Crippen LogP contribution in [0.1, 0.15) is 46.5 Å². The molecule has 0 aliphatic rings. The number of hydrogen-bond acceptors (Lipinski definition) is 4. The molecule has 0 aliphatic heterocycles. The molecular formula is C18H16BrF2N3O2. The fraction of sp³-hybridized carbons (Fsp3) is 0.278. The van der Waals surface area contributed by atoms with Gasteiger partial charge in [0.05, 0.1) is 0 Å². The van der Waals surface area contributed by atoms with Gasteiger partial charge in [0.15, 0.2) is 5.78 Å². The Kier molecular flexibility index (Phi) is 5.04. The minimum atomic E-state index is -2.84. The lowest BCUT2D eigenvalue weighted by Crippen LogP contribution is -2.06. The average Bonchev–Trinajstić information content (AvgIpc) is 3.16. The highest BCUT2D eigenvalue weighted by molar-refractivity contribution is 9.10. The van der Waals surface area contributed by atoms with E-state index in [0.717, 1.165) is 9.04 Å². The summed E-state index contributed by atoms with van der Waals surface area (Å²) in [6.07, 6.45) is 0.490. The number of alkyl halides is 2. The molecule has 3 aromatic rings. The summed E-state index contributed by atoms with van der Waals surface area (Å²) in [5.74, 6) is -0.00726. The van der Waals surface area contributed by atoms with E-state index in [1.165, 1.54) is 6.92 Å². The van der Waals surface area contributed by atoms with Crippen molar-refractivity contribution in [2.75, 3.05) is 0 Å². The van der Waals surface area contributed by atoms with E-state index in [4.69, 9.17) is 4.42 Å². The zero-order chi connectivity index (χ0) is 19.0. The van der Waals surface area contributed by atoms with Crippen LogP contribution in [0.4, 0.5) is 8.78 Å². The van der Waals surface area contributed by atoms with E-state index in [1.807, 2.05) is 6.92 Å². The van der Waals surface area contributed by atoms with Gasteiger partial charge in [-0.2, -0.15) is 8.78 Å². The van der Waals surface area contributed by atoms with E-state index >= 15 is 0 Å². The summed E-state index contributed by atoms with van der Waals surface area (Å²) >= 11 is 3.32. The fourth-order valence-corrected chi connectivity index (χ4v) is 3.37. The molecule has 0 N–H and O–H groups in total. The van der Waals surface area contributed by atoms with Gasteiger partial charge in [0.1, 0.15) is 5.69 Å². The van der Waals surface area contributed by atoms with Crippen molar-refractivity contribution in [2.24, 2.45) is 0 Å². The molecule has 8 heteroatoms. The van der Waals surface area contributed by atoms with Crippen molar-refractivity contribution in [3.63, 3.8) is 0 Å². The summed E-state index contributed by atoms with van der Waals surface area (Å²) in [4.78, 5) is 13.0. The Bertz CT molecular complexity index is 979. The number of halogens is 3.